The number of rotatable bonds is 3. The van der Waals surface area contributed by atoms with Crippen LogP contribution in [0.3, 0.4) is 0 Å². The smallest absolute Gasteiger partial charge is 0.203 e. The molecule has 0 spiro atoms. The van der Waals surface area contributed by atoms with Crippen molar-refractivity contribution in [2.24, 2.45) is 0 Å². The minimum atomic E-state index is -0.687. The molecule has 146 valence electrons. The van der Waals surface area contributed by atoms with E-state index in [1.165, 1.54) is 12.1 Å². The summed E-state index contributed by atoms with van der Waals surface area (Å²) in [6.45, 7) is 0. The molecule has 6 heteroatoms. The van der Waals surface area contributed by atoms with E-state index in [1.807, 2.05) is 55.1 Å². The first kappa shape index (κ1) is 17.6. The molecule has 1 aliphatic heterocycles. The van der Waals surface area contributed by atoms with Crippen molar-refractivity contribution >= 4 is 22.3 Å². The second-order valence-corrected chi connectivity index (χ2v) is 7.06. The van der Waals surface area contributed by atoms with Gasteiger partial charge in [0, 0.05) is 54.1 Å². The van der Waals surface area contributed by atoms with Gasteiger partial charge in [0.1, 0.15) is 17.4 Å². The molecular formula is C23H19F2N3O. The van der Waals surface area contributed by atoms with Crippen molar-refractivity contribution in [3.63, 3.8) is 0 Å². The Balaban J connectivity index is 1.80. The van der Waals surface area contributed by atoms with Crippen molar-refractivity contribution in [2.75, 3.05) is 24.7 Å². The highest BCUT2D eigenvalue weighted by Gasteiger charge is 2.29. The second kappa shape index (κ2) is 6.51. The molecule has 1 aromatic heterocycles. The average molecular weight is 391 g/mol. The predicted molar refractivity (Wildman–Crippen MR) is 112 cm³/mol. The first-order valence-electron chi connectivity index (χ1n) is 9.35. The SMILES string of the molecule is CNc1ccc2c(c1)OC(c1cc(F)cc(F)c1)n1c-2cc2cc(NC)ccc21. The molecule has 1 atom stereocenters. The van der Waals surface area contributed by atoms with E-state index in [0.717, 1.165) is 39.6 Å². The average Bonchev–Trinajstić information content (AvgIpc) is 3.10. The number of anilines is 2. The van der Waals surface area contributed by atoms with Crippen molar-refractivity contribution in [1.29, 1.82) is 0 Å². The summed E-state index contributed by atoms with van der Waals surface area (Å²) in [5.41, 5.74) is 5.10. The Morgan fingerprint density at radius 2 is 1.52 bits per heavy atom. The molecule has 0 saturated heterocycles. The van der Waals surface area contributed by atoms with Crippen LogP contribution in [0.4, 0.5) is 20.2 Å². The van der Waals surface area contributed by atoms with Crippen LogP contribution in [0.2, 0.25) is 0 Å². The third-order valence-corrected chi connectivity index (χ3v) is 5.32. The predicted octanol–water partition coefficient (Wildman–Crippen LogP) is 5.61. The molecule has 4 aromatic rings. The largest absolute Gasteiger partial charge is 0.465 e. The number of hydrogen-bond acceptors (Lipinski definition) is 3. The van der Waals surface area contributed by atoms with Gasteiger partial charge in [-0.25, -0.2) is 8.78 Å². The van der Waals surface area contributed by atoms with Gasteiger partial charge in [-0.15, -0.1) is 0 Å². The molecule has 2 N–H and O–H groups in total. The third kappa shape index (κ3) is 2.79. The number of nitrogens with zero attached hydrogens (tertiary/aromatic N) is 1. The molecule has 0 radical (unpaired) electrons. The molecule has 0 aliphatic carbocycles. The molecule has 0 bridgehead atoms. The molecule has 29 heavy (non-hydrogen) atoms. The summed E-state index contributed by atoms with van der Waals surface area (Å²) >= 11 is 0. The zero-order chi connectivity index (χ0) is 20.1. The maximum atomic E-state index is 14.0. The van der Waals surface area contributed by atoms with Crippen LogP contribution in [-0.4, -0.2) is 18.7 Å². The zero-order valence-electron chi connectivity index (χ0n) is 16.0. The van der Waals surface area contributed by atoms with Gasteiger partial charge < -0.3 is 19.9 Å². The van der Waals surface area contributed by atoms with E-state index in [0.29, 0.717) is 11.3 Å². The number of fused-ring (bicyclic) bond motifs is 5. The summed E-state index contributed by atoms with van der Waals surface area (Å²) < 4.78 is 36.3. The monoisotopic (exact) mass is 391 g/mol. The number of benzene rings is 3. The fourth-order valence-electron chi connectivity index (χ4n) is 3.95. The van der Waals surface area contributed by atoms with Crippen LogP contribution in [0, 0.1) is 11.6 Å². The van der Waals surface area contributed by atoms with Gasteiger partial charge in [0.15, 0.2) is 0 Å². The van der Waals surface area contributed by atoms with Crippen LogP contribution in [0.25, 0.3) is 22.2 Å². The molecule has 0 saturated carbocycles. The van der Waals surface area contributed by atoms with E-state index in [4.69, 9.17) is 4.74 Å². The van der Waals surface area contributed by atoms with E-state index in [1.54, 1.807) is 0 Å². The lowest BCUT2D eigenvalue weighted by molar-refractivity contribution is 0.172. The number of halogens is 2. The van der Waals surface area contributed by atoms with Crippen LogP contribution in [0.1, 0.15) is 11.8 Å². The van der Waals surface area contributed by atoms with Crippen LogP contribution in [-0.2, 0) is 0 Å². The van der Waals surface area contributed by atoms with Gasteiger partial charge in [0.05, 0.1) is 11.2 Å². The Bertz CT molecular complexity index is 1230. The number of hydrogen-bond donors (Lipinski definition) is 2. The summed E-state index contributed by atoms with van der Waals surface area (Å²) in [7, 11) is 3.70. The van der Waals surface area contributed by atoms with E-state index in [-0.39, 0.29) is 0 Å². The van der Waals surface area contributed by atoms with Crippen LogP contribution in [0.5, 0.6) is 5.75 Å². The molecule has 5 rings (SSSR count). The quantitative estimate of drug-likeness (QED) is 0.477. The Hall–Kier alpha value is -3.54. The number of aromatic nitrogens is 1. The third-order valence-electron chi connectivity index (χ3n) is 5.32. The number of nitrogens with one attached hydrogen (secondary N) is 2. The summed E-state index contributed by atoms with van der Waals surface area (Å²) in [5.74, 6) is -0.599. The minimum absolute atomic E-state index is 0.416. The maximum Gasteiger partial charge on any atom is 0.203 e. The number of ether oxygens (including phenoxy) is 1. The Kier molecular flexibility index (Phi) is 3.94. The summed E-state index contributed by atoms with van der Waals surface area (Å²) in [4.78, 5) is 0. The molecule has 1 aliphatic rings. The first-order valence-corrected chi connectivity index (χ1v) is 9.35. The maximum absolute atomic E-state index is 14.0. The molecule has 2 heterocycles. The van der Waals surface area contributed by atoms with Gasteiger partial charge >= 0.3 is 0 Å². The van der Waals surface area contributed by atoms with Crippen LogP contribution in [0.15, 0.2) is 60.7 Å². The van der Waals surface area contributed by atoms with Gasteiger partial charge in [-0.3, -0.25) is 0 Å². The fourth-order valence-corrected chi connectivity index (χ4v) is 3.95. The lowest BCUT2D eigenvalue weighted by Gasteiger charge is -2.30. The Morgan fingerprint density at radius 1 is 0.828 bits per heavy atom. The van der Waals surface area contributed by atoms with Crippen molar-refractivity contribution in [1.82, 2.24) is 4.57 Å². The molecular weight excluding hydrogens is 372 g/mol. The fraction of sp³-hybridized carbons (Fsp3) is 0.130. The lowest BCUT2D eigenvalue weighted by Crippen LogP contribution is -2.22. The van der Waals surface area contributed by atoms with Gasteiger partial charge in [-0.1, -0.05) is 0 Å². The summed E-state index contributed by atoms with van der Waals surface area (Å²) in [6, 6.07) is 17.5. The minimum Gasteiger partial charge on any atom is -0.465 e. The van der Waals surface area contributed by atoms with Crippen molar-refractivity contribution < 1.29 is 13.5 Å². The highest BCUT2D eigenvalue weighted by atomic mass is 19.1. The standard InChI is InChI=1S/C23H19F2N3O/c1-26-17-4-6-20-13(9-17)10-21-19-5-3-18(27-2)12-22(19)29-23(28(20)21)14-7-15(24)11-16(25)8-14/h3-12,23,26-27H,1-2H3. The molecule has 4 nitrogen and oxygen atoms in total. The molecule has 0 fully saturated rings. The zero-order valence-corrected chi connectivity index (χ0v) is 16.0. The first-order chi connectivity index (χ1) is 14.1. The normalized spacial score (nSPS) is 14.8. The summed E-state index contributed by atoms with van der Waals surface area (Å²) in [5, 5.41) is 7.26. The van der Waals surface area contributed by atoms with E-state index in [2.05, 4.69) is 16.7 Å². The van der Waals surface area contributed by atoms with Gasteiger partial charge in [0.25, 0.3) is 0 Å². The topological polar surface area (TPSA) is 38.2 Å². The summed E-state index contributed by atoms with van der Waals surface area (Å²) in [6.07, 6.45) is -0.687. The molecule has 0 amide bonds. The molecule has 1 unspecified atom stereocenters. The van der Waals surface area contributed by atoms with E-state index < -0.39 is 17.9 Å². The van der Waals surface area contributed by atoms with Gasteiger partial charge in [-0.2, -0.15) is 0 Å². The van der Waals surface area contributed by atoms with Crippen molar-refractivity contribution in [2.45, 2.75) is 6.23 Å². The second-order valence-electron chi connectivity index (χ2n) is 7.06. The van der Waals surface area contributed by atoms with Crippen molar-refractivity contribution in [3.05, 3.63) is 77.9 Å². The van der Waals surface area contributed by atoms with Crippen LogP contribution < -0.4 is 15.4 Å². The van der Waals surface area contributed by atoms with E-state index in [9.17, 15) is 8.78 Å². The highest BCUT2D eigenvalue weighted by Crippen LogP contribution is 2.45. The molecule has 3 aromatic carbocycles. The van der Waals surface area contributed by atoms with Gasteiger partial charge in [0.2, 0.25) is 6.23 Å². The Morgan fingerprint density at radius 3 is 2.24 bits per heavy atom. The lowest BCUT2D eigenvalue weighted by atomic mass is 10.1. The highest BCUT2D eigenvalue weighted by molar-refractivity contribution is 5.91. The van der Waals surface area contributed by atoms with Crippen LogP contribution >= 0.6 is 0 Å². The van der Waals surface area contributed by atoms with Gasteiger partial charge in [-0.05, 0) is 48.5 Å². The van der Waals surface area contributed by atoms with E-state index >= 15 is 0 Å². The van der Waals surface area contributed by atoms with Crippen molar-refractivity contribution in [3.8, 4) is 17.0 Å². The Labute approximate surface area is 166 Å².